The van der Waals surface area contributed by atoms with Gasteiger partial charge in [-0.2, -0.15) is 0 Å². The molecule has 4 aromatic carbocycles. The highest BCUT2D eigenvalue weighted by molar-refractivity contribution is 6.07. The summed E-state index contributed by atoms with van der Waals surface area (Å²) in [7, 11) is 1.72. The quantitative estimate of drug-likeness (QED) is 0.458. The molecule has 0 radical (unpaired) electrons. The summed E-state index contributed by atoms with van der Waals surface area (Å²) in [6.45, 7) is 0.538. The zero-order valence-electron chi connectivity index (χ0n) is 13.5. The van der Waals surface area contributed by atoms with Gasteiger partial charge in [0.15, 0.2) is 0 Å². The van der Waals surface area contributed by atoms with Crippen LogP contribution >= 0.6 is 0 Å². The second-order valence-corrected chi connectivity index (χ2v) is 5.76. The molecule has 0 heterocycles. The molecule has 0 aliphatic carbocycles. The van der Waals surface area contributed by atoms with Gasteiger partial charge in [0.2, 0.25) is 0 Å². The van der Waals surface area contributed by atoms with E-state index in [-0.39, 0.29) is 0 Å². The number of hydrogen-bond acceptors (Lipinski definition) is 2. The van der Waals surface area contributed by atoms with Crippen LogP contribution in [0.3, 0.4) is 0 Å². The first-order valence-electron chi connectivity index (χ1n) is 8.02. The Morgan fingerprint density at radius 3 is 2.33 bits per heavy atom. The van der Waals surface area contributed by atoms with Crippen molar-refractivity contribution in [1.29, 1.82) is 0 Å². The molecule has 2 heteroatoms. The van der Waals surface area contributed by atoms with E-state index in [1.54, 1.807) is 7.11 Å². The predicted octanol–water partition coefficient (Wildman–Crippen LogP) is 5.58. The van der Waals surface area contributed by atoms with Crippen LogP contribution in [-0.4, -0.2) is 7.11 Å². The zero-order valence-corrected chi connectivity index (χ0v) is 13.5. The van der Waals surface area contributed by atoms with E-state index in [1.807, 2.05) is 42.5 Å². The molecule has 118 valence electrons. The first kappa shape index (κ1) is 14.6. The lowest BCUT2D eigenvalue weighted by Gasteiger charge is -2.14. The largest absolute Gasteiger partial charge is 0.495 e. The molecule has 4 rings (SSSR count). The van der Waals surface area contributed by atoms with Crippen molar-refractivity contribution in [3.8, 4) is 11.5 Å². The first-order chi connectivity index (χ1) is 11.9. The second kappa shape index (κ2) is 6.25. The highest BCUT2D eigenvalue weighted by Gasteiger charge is 2.12. The van der Waals surface area contributed by atoms with E-state index in [9.17, 15) is 0 Å². The molecule has 4 aromatic rings. The molecule has 0 N–H and O–H groups in total. The molecule has 0 amide bonds. The fraction of sp³-hybridized carbons (Fsp3) is 0.0909. The van der Waals surface area contributed by atoms with Gasteiger partial charge >= 0.3 is 0 Å². The molecule has 0 spiro atoms. The Labute approximate surface area is 141 Å². The van der Waals surface area contributed by atoms with E-state index in [0.29, 0.717) is 6.61 Å². The molecule has 0 bridgehead atoms. The van der Waals surface area contributed by atoms with Gasteiger partial charge in [0.05, 0.1) is 12.5 Å². The minimum Gasteiger partial charge on any atom is -0.495 e. The van der Waals surface area contributed by atoms with E-state index >= 15 is 0 Å². The van der Waals surface area contributed by atoms with Gasteiger partial charge in [0.1, 0.15) is 18.1 Å². The third kappa shape index (κ3) is 2.56. The Morgan fingerprint density at radius 1 is 0.750 bits per heavy atom. The Balaban J connectivity index is 1.85. The smallest absolute Gasteiger partial charge is 0.138 e. The number of fused-ring (bicyclic) bond motifs is 2. The van der Waals surface area contributed by atoms with Gasteiger partial charge in [0, 0.05) is 5.39 Å². The van der Waals surface area contributed by atoms with Crippen molar-refractivity contribution in [1.82, 2.24) is 0 Å². The topological polar surface area (TPSA) is 18.5 Å². The van der Waals surface area contributed by atoms with E-state index < -0.39 is 0 Å². The molecular weight excluding hydrogens is 296 g/mol. The molecule has 0 saturated carbocycles. The van der Waals surface area contributed by atoms with Gasteiger partial charge in [0.25, 0.3) is 0 Å². The lowest BCUT2D eigenvalue weighted by molar-refractivity contribution is 0.309. The van der Waals surface area contributed by atoms with E-state index in [0.717, 1.165) is 33.2 Å². The van der Waals surface area contributed by atoms with Gasteiger partial charge < -0.3 is 9.47 Å². The molecule has 0 fully saturated rings. The van der Waals surface area contributed by atoms with Crippen LogP contribution in [0.2, 0.25) is 0 Å². The molecule has 0 aliphatic rings. The minimum atomic E-state index is 0.538. The summed E-state index contributed by atoms with van der Waals surface area (Å²) in [6.07, 6.45) is 0. The highest BCUT2D eigenvalue weighted by Crippen LogP contribution is 2.40. The summed E-state index contributed by atoms with van der Waals surface area (Å²) in [4.78, 5) is 0. The van der Waals surface area contributed by atoms with Gasteiger partial charge in [-0.15, -0.1) is 0 Å². The third-order valence-corrected chi connectivity index (χ3v) is 4.24. The summed E-state index contributed by atoms with van der Waals surface area (Å²) < 4.78 is 11.9. The van der Waals surface area contributed by atoms with Crippen molar-refractivity contribution in [2.45, 2.75) is 6.61 Å². The Bertz CT molecular complexity index is 991. The summed E-state index contributed by atoms with van der Waals surface area (Å²) in [5.74, 6) is 1.71. The minimum absolute atomic E-state index is 0.538. The van der Waals surface area contributed by atoms with Gasteiger partial charge in [-0.05, 0) is 28.5 Å². The average Bonchev–Trinajstić information content (AvgIpc) is 2.65. The Hall–Kier alpha value is -3.00. The fourth-order valence-electron chi connectivity index (χ4n) is 3.11. The van der Waals surface area contributed by atoms with Gasteiger partial charge in [-0.1, -0.05) is 66.7 Å². The number of methoxy groups -OCH3 is 1. The van der Waals surface area contributed by atoms with Crippen LogP contribution in [0.4, 0.5) is 0 Å². The van der Waals surface area contributed by atoms with Crippen molar-refractivity contribution < 1.29 is 9.47 Å². The van der Waals surface area contributed by atoms with Crippen molar-refractivity contribution in [2.24, 2.45) is 0 Å². The Kier molecular flexibility index (Phi) is 3.80. The van der Waals surface area contributed by atoms with Crippen molar-refractivity contribution >= 4 is 21.5 Å². The molecule has 0 atom stereocenters. The lowest BCUT2D eigenvalue weighted by atomic mass is 10.0. The normalized spacial score (nSPS) is 10.9. The van der Waals surface area contributed by atoms with Crippen molar-refractivity contribution in [2.75, 3.05) is 7.11 Å². The van der Waals surface area contributed by atoms with E-state index in [1.165, 1.54) is 5.39 Å². The van der Waals surface area contributed by atoms with Crippen molar-refractivity contribution in [3.05, 3.63) is 84.4 Å². The molecular formula is C22H18O2. The maximum atomic E-state index is 6.12. The Morgan fingerprint density at radius 2 is 1.50 bits per heavy atom. The van der Waals surface area contributed by atoms with Crippen LogP contribution in [0.5, 0.6) is 11.5 Å². The average molecular weight is 314 g/mol. The highest BCUT2D eigenvalue weighted by atomic mass is 16.5. The van der Waals surface area contributed by atoms with Crippen LogP contribution in [0.1, 0.15) is 5.56 Å². The van der Waals surface area contributed by atoms with E-state index in [4.69, 9.17) is 9.47 Å². The predicted molar refractivity (Wildman–Crippen MR) is 98.8 cm³/mol. The van der Waals surface area contributed by atoms with Crippen LogP contribution in [0.25, 0.3) is 21.5 Å². The molecule has 0 unspecified atom stereocenters. The number of hydrogen-bond donors (Lipinski definition) is 0. The number of benzene rings is 4. The monoisotopic (exact) mass is 314 g/mol. The molecule has 24 heavy (non-hydrogen) atoms. The maximum Gasteiger partial charge on any atom is 0.138 e. The van der Waals surface area contributed by atoms with Crippen LogP contribution in [-0.2, 0) is 6.61 Å². The third-order valence-electron chi connectivity index (χ3n) is 4.24. The molecule has 2 nitrogen and oxygen atoms in total. The van der Waals surface area contributed by atoms with Crippen LogP contribution in [0, 0.1) is 0 Å². The summed E-state index contributed by atoms with van der Waals surface area (Å²) in [5, 5.41) is 4.41. The zero-order chi connectivity index (χ0) is 16.4. The van der Waals surface area contributed by atoms with Gasteiger partial charge in [-0.25, -0.2) is 0 Å². The first-order valence-corrected chi connectivity index (χ1v) is 8.02. The maximum absolute atomic E-state index is 6.12. The summed E-state index contributed by atoms with van der Waals surface area (Å²) >= 11 is 0. The lowest BCUT2D eigenvalue weighted by Crippen LogP contribution is -1.97. The standard InChI is InChI=1S/C22H18O2/c1-23-22-19-12-6-5-10-17(19)14-18-11-7-13-20(21(18)22)24-15-16-8-3-2-4-9-16/h2-14H,15H2,1H3. The van der Waals surface area contributed by atoms with Crippen molar-refractivity contribution in [3.63, 3.8) is 0 Å². The summed E-state index contributed by atoms with van der Waals surface area (Å²) in [6, 6.07) is 26.8. The number of rotatable bonds is 4. The van der Waals surface area contributed by atoms with Gasteiger partial charge in [-0.3, -0.25) is 0 Å². The van der Waals surface area contributed by atoms with Crippen LogP contribution < -0.4 is 9.47 Å². The molecule has 0 aromatic heterocycles. The number of ether oxygens (including phenoxy) is 2. The fourth-order valence-corrected chi connectivity index (χ4v) is 3.11. The summed E-state index contributed by atoms with van der Waals surface area (Å²) in [5.41, 5.74) is 1.15. The molecule has 0 saturated heterocycles. The second-order valence-electron chi connectivity index (χ2n) is 5.76. The molecule has 0 aliphatic heterocycles. The SMILES string of the molecule is COc1c2ccccc2cc2cccc(OCc3ccccc3)c12. The van der Waals surface area contributed by atoms with Crippen LogP contribution in [0.15, 0.2) is 78.9 Å². The van der Waals surface area contributed by atoms with E-state index in [2.05, 4.69) is 36.4 Å².